The summed E-state index contributed by atoms with van der Waals surface area (Å²) in [7, 11) is 1.55. The van der Waals surface area contributed by atoms with E-state index in [0.29, 0.717) is 17.0 Å². The fourth-order valence-corrected chi connectivity index (χ4v) is 1.25. The second-order valence-corrected chi connectivity index (χ2v) is 3.02. The van der Waals surface area contributed by atoms with E-state index >= 15 is 0 Å². The summed E-state index contributed by atoms with van der Waals surface area (Å²) in [6, 6.07) is 5.08. The Kier molecular flexibility index (Phi) is 3.73. The standard InChI is InChI=1S/C10H15NO3/c1-14-7-2-3-9(11)8(6-7)10(13)4-5-12/h2-3,6,10,12-13H,4-5,11H2,1H3. The van der Waals surface area contributed by atoms with Crippen LogP contribution in [0.2, 0.25) is 0 Å². The Morgan fingerprint density at radius 2 is 2.21 bits per heavy atom. The van der Waals surface area contributed by atoms with E-state index in [2.05, 4.69) is 0 Å². The van der Waals surface area contributed by atoms with Gasteiger partial charge >= 0.3 is 0 Å². The molecule has 78 valence electrons. The highest BCUT2D eigenvalue weighted by atomic mass is 16.5. The molecule has 4 N–H and O–H groups in total. The number of nitrogen functional groups attached to an aromatic ring is 1. The summed E-state index contributed by atoms with van der Waals surface area (Å²) in [4.78, 5) is 0. The number of ether oxygens (including phenoxy) is 1. The van der Waals surface area contributed by atoms with Crippen molar-refractivity contribution in [3.05, 3.63) is 23.8 Å². The summed E-state index contributed by atoms with van der Waals surface area (Å²) in [6.45, 7) is -0.0716. The van der Waals surface area contributed by atoms with Crippen LogP contribution in [0.5, 0.6) is 5.75 Å². The lowest BCUT2D eigenvalue weighted by atomic mass is 10.0. The molecule has 0 spiro atoms. The van der Waals surface area contributed by atoms with Crippen molar-refractivity contribution < 1.29 is 14.9 Å². The first-order chi connectivity index (χ1) is 6.69. The maximum Gasteiger partial charge on any atom is 0.119 e. The fourth-order valence-electron chi connectivity index (χ4n) is 1.25. The minimum absolute atomic E-state index is 0.0716. The van der Waals surface area contributed by atoms with Gasteiger partial charge in [0.15, 0.2) is 0 Å². The van der Waals surface area contributed by atoms with Crippen LogP contribution >= 0.6 is 0 Å². The molecule has 0 amide bonds. The Bertz CT molecular complexity index is 301. The van der Waals surface area contributed by atoms with Crippen molar-refractivity contribution in [2.75, 3.05) is 19.5 Å². The van der Waals surface area contributed by atoms with Gasteiger partial charge in [-0.1, -0.05) is 0 Å². The summed E-state index contributed by atoms with van der Waals surface area (Å²) in [5.41, 5.74) is 6.78. The number of hydrogen-bond donors (Lipinski definition) is 3. The average Bonchev–Trinajstić information content (AvgIpc) is 2.19. The molecular weight excluding hydrogens is 182 g/mol. The van der Waals surface area contributed by atoms with Crippen molar-refractivity contribution in [1.29, 1.82) is 0 Å². The molecule has 0 aliphatic carbocycles. The number of aliphatic hydroxyl groups is 2. The SMILES string of the molecule is COc1ccc(N)c(C(O)CCO)c1. The van der Waals surface area contributed by atoms with Crippen molar-refractivity contribution in [2.24, 2.45) is 0 Å². The molecule has 0 aliphatic heterocycles. The zero-order valence-electron chi connectivity index (χ0n) is 8.10. The lowest BCUT2D eigenvalue weighted by molar-refractivity contribution is 0.134. The lowest BCUT2D eigenvalue weighted by Gasteiger charge is -2.13. The third kappa shape index (κ3) is 2.37. The molecule has 1 aromatic rings. The summed E-state index contributed by atoms with van der Waals surface area (Å²) in [6.07, 6.45) is -0.465. The molecule has 1 aromatic carbocycles. The van der Waals surface area contributed by atoms with Gasteiger partial charge in [0.25, 0.3) is 0 Å². The molecule has 1 atom stereocenters. The van der Waals surface area contributed by atoms with E-state index in [-0.39, 0.29) is 13.0 Å². The Morgan fingerprint density at radius 3 is 2.79 bits per heavy atom. The summed E-state index contributed by atoms with van der Waals surface area (Å²) in [5, 5.41) is 18.3. The van der Waals surface area contributed by atoms with Crippen LogP contribution in [0.3, 0.4) is 0 Å². The highest BCUT2D eigenvalue weighted by Gasteiger charge is 2.11. The number of methoxy groups -OCH3 is 1. The molecule has 0 bridgehead atoms. The number of nitrogens with two attached hydrogens (primary N) is 1. The third-order valence-corrected chi connectivity index (χ3v) is 2.06. The van der Waals surface area contributed by atoms with Gasteiger partial charge < -0.3 is 20.7 Å². The van der Waals surface area contributed by atoms with Gasteiger partial charge in [0.05, 0.1) is 13.2 Å². The van der Waals surface area contributed by atoms with Gasteiger partial charge in [0.1, 0.15) is 5.75 Å². The Labute approximate surface area is 82.9 Å². The zero-order chi connectivity index (χ0) is 10.6. The number of hydrogen-bond acceptors (Lipinski definition) is 4. The van der Waals surface area contributed by atoms with Crippen LogP contribution in [-0.2, 0) is 0 Å². The topological polar surface area (TPSA) is 75.7 Å². The minimum Gasteiger partial charge on any atom is -0.497 e. The first-order valence-electron chi connectivity index (χ1n) is 4.41. The summed E-state index contributed by atoms with van der Waals surface area (Å²) < 4.78 is 5.01. The number of anilines is 1. The molecule has 1 rings (SSSR count). The van der Waals surface area contributed by atoms with Crippen LogP contribution in [0.1, 0.15) is 18.1 Å². The van der Waals surface area contributed by atoms with E-state index in [9.17, 15) is 5.11 Å². The monoisotopic (exact) mass is 197 g/mol. The molecule has 0 aliphatic rings. The molecule has 14 heavy (non-hydrogen) atoms. The lowest BCUT2D eigenvalue weighted by Crippen LogP contribution is -2.04. The van der Waals surface area contributed by atoms with Crippen LogP contribution < -0.4 is 10.5 Å². The van der Waals surface area contributed by atoms with Crippen molar-refractivity contribution in [2.45, 2.75) is 12.5 Å². The quantitative estimate of drug-likeness (QED) is 0.621. The zero-order valence-corrected chi connectivity index (χ0v) is 8.10. The second-order valence-electron chi connectivity index (χ2n) is 3.02. The van der Waals surface area contributed by atoms with Crippen LogP contribution in [0.15, 0.2) is 18.2 Å². The highest BCUT2D eigenvalue weighted by Crippen LogP contribution is 2.26. The van der Waals surface area contributed by atoms with E-state index in [0.717, 1.165) is 0 Å². The van der Waals surface area contributed by atoms with Crippen molar-refractivity contribution in [1.82, 2.24) is 0 Å². The second kappa shape index (κ2) is 4.83. The molecule has 0 fully saturated rings. The molecule has 0 radical (unpaired) electrons. The van der Waals surface area contributed by atoms with Crippen molar-refractivity contribution >= 4 is 5.69 Å². The van der Waals surface area contributed by atoms with Gasteiger partial charge in [-0.25, -0.2) is 0 Å². The normalized spacial score (nSPS) is 12.5. The van der Waals surface area contributed by atoms with Gasteiger partial charge in [-0.3, -0.25) is 0 Å². The van der Waals surface area contributed by atoms with E-state index < -0.39 is 6.10 Å². The van der Waals surface area contributed by atoms with Crippen LogP contribution in [0.25, 0.3) is 0 Å². The van der Waals surface area contributed by atoms with Crippen LogP contribution in [-0.4, -0.2) is 23.9 Å². The number of rotatable bonds is 4. The van der Waals surface area contributed by atoms with Crippen LogP contribution in [0, 0.1) is 0 Å². The molecule has 0 saturated heterocycles. The Balaban J connectivity index is 2.93. The smallest absolute Gasteiger partial charge is 0.119 e. The molecule has 4 heteroatoms. The van der Waals surface area contributed by atoms with Gasteiger partial charge in [0, 0.05) is 24.3 Å². The maximum atomic E-state index is 9.63. The minimum atomic E-state index is -0.741. The predicted molar refractivity (Wildman–Crippen MR) is 54.1 cm³/mol. The molecule has 0 heterocycles. The molecule has 0 aromatic heterocycles. The summed E-state index contributed by atoms with van der Waals surface area (Å²) >= 11 is 0. The first-order valence-corrected chi connectivity index (χ1v) is 4.41. The van der Waals surface area contributed by atoms with Gasteiger partial charge in [-0.05, 0) is 18.2 Å². The largest absolute Gasteiger partial charge is 0.497 e. The number of aliphatic hydroxyl groups excluding tert-OH is 2. The number of benzene rings is 1. The van der Waals surface area contributed by atoms with E-state index in [4.69, 9.17) is 15.6 Å². The summed E-state index contributed by atoms with van der Waals surface area (Å²) in [5.74, 6) is 0.645. The fraction of sp³-hybridized carbons (Fsp3) is 0.400. The van der Waals surface area contributed by atoms with Gasteiger partial charge in [0.2, 0.25) is 0 Å². The molecular formula is C10H15NO3. The average molecular weight is 197 g/mol. The molecule has 0 saturated carbocycles. The van der Waals surface area contributed by atoms with E-state index in [1.165, 1.54) is 0 Å². The first kappa shape index (κ1) is 10.8. The molecule has 4 nitrogen and oxygen atoms in total. The van der Waals surface area contributed by atoms with Crippen molar-refractivity contribution in [3.8, 4) is 5.75 Å². The molecule has 1 unspecified atom stereocenters. The van der Waals surface area contributed by atoms with Crippen molar-refractivity contribution in [3.63, 3.8) is 0 Å². The highest BCUT2D eigenvalue weighted by molar-refractivity contribution is 5.51. The predicted octanol–water partition coefficient (Wildman–Crippen LogP) is 0.693. The Hall–Kier alpha value is -1.26. The van der Waals surface area contributed by atoms with Crippen LogP contribution in [0.4, 0.5) is 5.69 Å². The van der Waals surface area contributed by atoms with Gasteiger partial charge in [-0.2, -0.15) is 0 Å². The Morgan fingerprint density at radius 1 is 1.50 bits per heavy atom. The van der Waals surface area contributed by atoms with Gasteiger partial charge in [-0.15, -0.1) is 0 Å². The van der Waals surface area contributed by atoms with E-state index in [1.807, 2.05) is 0 Å². The third-order valence-electron chi connectivity index (χ3n) is 2.06. The maximum absolute atomic E-state index is 9.63. The van der Waals surface area contributed by atoms with E-state index in [1.54, 1.807) is 25.3 Å².